The molecule has 11 heteroatoms. The third kappa shape index (κ3) is 11.0. The summed E-state index contributed by atoms with van der Waals surface area (Å²) in [7, 11) is -3.16. The van der Waals surface area contributed by atoms with Crippen LogP contribution in [0.1, 0.15) is 87.1 Å². The average molecular weight is 767 g/mol. The van der Waals surface area contributed by atoms with Crippen LogP contribution < -0.4 is 0 Å². The standard InChI is InChI=1S/C41H74O9Si2/c1-13-41(38-36(47-40(8,9)48-38)39(49-41)45-26-32-20-18-17-19-21-32)37-31(7)25-34(46-37)35(50-52(14-2,15-3)16-4)30(6)24-29(5)33(42)27-44-28-43-22-23-51(10,11)12/h17-21,29-31,33-39,42H,13-16,22-28H2,1-12H3/t29-,30+,31+,33?,34-,35+,36+,37-,38-,39+,41-/m1/s1. The van der Waals surface area contributed by atoms with Crippen LogP contribution in [0.15, 0.2) is 30.3 Å². The molecule has 0 aliphatic carbocycles. The van der Waals surface area contributed by atoms with Gasteiger partial charge in [-0.1, -0.05) is 98.4 Å². The van der Waals surface area contributed by atoms with Crippen molar-refractivity contribution >= 4 is 16.4 Å². The van der Waals surface area contributed by atoms with Crippen molar-refractivity contribution in [2.75, 3.05) is 20.0 Å². The predicted molar refractivity (Wildman–Crippen MR) is 211 cm³/mol. The molecular formula is C41H74O9Si2. The largest absolute Gasteiger partial charge is 0.411 e. The zero-order valence-corrected chi connectivity index (χ0v) is 36.7. The van der Waals surface area contributed by atoms with Crippen molar-refractivity contribution in [3.63, 3.8) is 0 Å². The Labute approximate surface area is 318 Å². The van der Waals surface area contributed by atoms with Crippen molar-refractivity contribution in [3.05, 3.63) is 35.9 Å². The lowest BCUT2D eigenvalue weighted by Crippen LogP contribution is -2.54. The lowest BCUT2D eigenvalue weighted by Gasteiger charge is -2.42. The number of hydrogen-bond donors (Lipinski definition) is 1. The van der Waals surface area contributed by atoms with E-state index in [9.17, 15) is 5.11 Å². The Kier molecular flexibility index (Phi) is 16.0. The Hall–Kier alpha value is -0.706. The fraction of sp³-hybridized carbons (Fsp3) is 0.854. The van der Waals surface area contributed by atoms with Crippen LogP contribution >= 0.6 is 0 Å². The molecular weight excluding hydrogens is 693 g/mol. The van der Waals surface area contributed by atoms with Gasteiger partial charge in [-0.15, -0.1) is 0 Å². The monoisotopic (exact) mass is 766 g/mol. The fourth-order valence-electron chi connectivity index (χ4n) is 8.54. The van der Waals surface area contributed by atoms with Gasteiger partial charge in [-0.05, 0) is 80.6 Å². The molecule has 0 spiro atoms. The lowest BCUT2D eigenvalue weighted by atomic mass is 9.80. The second-order valence-corrected chi connectivity index (χ2v) is 28.1. The van der Waals surface area contributed by atoms with Crippen LogP contribution in [0.4, 0.5) is 0 Å². The molecule has 1 aromatic rings. The quantitative estimate of drug-likeness (QED) is 0.0707. The SMILES string of the molecule is CC[C@]1([C@@H]2O[C@@H]([C@@H](O[Si](CC)(CC)CC)[C@@H](C)C[C@@H](C)C(O)COCOCC[Si](C)(C)C)C[C@@H]2C)O[C@H](OCc2ccccc2)[C@H]2OC(C)(C)O[C@H]21. The van der Waals surface area contributed by atoms with Gasteiger partial charge in [0.05, 0.1) is 37.6 Å². The van der Waals surface area contributed by atoms with Crippen molar-refractivity contribution in [2.24, 2.45) is 17.8 Å². The van der Waals surface area contributed by atoms with Crippen molar-refractivity contribution in [2.45, 2.75) is 186 Å². The number of aliphatic hydroxyl groups excluding tert-OH is 1. The summed E-state index contributed by atoms with van der Waals surface area (Å²) in [6.07, 6.45) is 0.0440. The third-order valence-electron chi connectivity index (χ3n) is 12.0. The van der Waals surface area contributed by atoms with Crippen LogP contribution in [0.2, 0.25) is 43.8 Å². The van der Waals surface area contributed by atoms with Crippen LogP contribution in [0.25, 0.3) is 0 Å². The van der Waals surface area contributed by atoms with E-state index in [1.807, 2.05) is 32.0 Å². The summed E-state index contributed by atoms with van der Waals surface area (Å²) >= 11 is 0. The maximum atomic E-state index is 11.1. The summed E-state index contributed by atoms with van der Waals surface area (Å²) in [6.45, 7) is 28.2. The van der Waals surface area contributed by atoms with E-state index in [4.69, 9.17) is 37.6 Å². The summed E-state index contributed by atoms with van der Waals surface area (Å²) in [5.41, 5.74) is 0.343. The van der Waals surface area contributed by atoms with E-state index in [2.05, 4.69) is 80.2 Å². The topological polar surface area (TPSA) is 94.1 Å². The van der Waals surface area contributed by atoms with Gasteiger partial charge in [0, 0.05) is 14.7 Å². The first-order valence-electron chi connectivity index (χ1n) is 20.4. The molecule has 3 aliphatic heterocycles. The molecule has 0 bridgehead atoms. The minimum Gasteiger partial charge on any atom is -0.411 e. The summed E-state index contributed by atoms with van der Waals surface area (Å²) < 4.78 is 52.7. The summed E-state index contributed by atoms with van der Waals surface area (Å²) in [4.78, 5) is 0. The number of benzene rings is 1. The average Bonchev–Trinajstić information content (AvgIpc) is 3.74. The van der Waals surface area contributed by atoms with E-state index >= 15 is 0 Å². The van der Waals surface area contributed by atoms with Gasteiger partial charge in [-0.25, -0.2) is 0 Å². The van der Waals surface area contributed by atoms with Gasteiger partial charge in [0.1, 0.15) is 24.6 Å². The van der Waals surface area contributed by atoms with E-state index in [1.54, 1.807) is 0 Å². The summed E-state index contributed by atoms with van der Waals surface area (Å²) in [6, 6.07) is 14.5. The Morgan fingerprint density at radius 1 is 0.904 bits per heavy atom. The minimum atomic E-state index is -2.01. The molecule has 3 aliphatic rings. The van der Waals surface area contributed by atoms with Crippen LogP contribution in [0.5, 0.6) is 0 Å². The van der Waals surface area contributed by atoms with Gasteiger partial charge in [0.15, 0.2) is 20.4 Å². The van der Waals surface area contributed by atoms with E-state index in [1.165, 1.54) is 0 Å². The molecule has 3 fully saturated rings. The van der Waals surface area contributed by atoms with Crippen LogP contribution in [0.3, 0.4) is 0 Å². The molecule has 0 aromatic heterocycles. The van der Waals surface area contributed by atoms with Crippen molar-refractivity contribution in [1.29, 1.82) is 0 Å². The highest BCUT2D eigenvalue weighted by molar-refractivity contribution is 6.76. The molecule has 9 nitrogen and oxygen atoms in total. The van der Waals surface area contributed by atoms with E-state index in [0.717, 1.165) is 42.6 Å². The van der Waals surface area contributed by atoms with Crippen LogP contribution in [-0.2, 0) is 44.2 Å². The first kappa shape index (κ1) is 44.0. The fourth-order valence-corrected chi connectivity index (χ4v) is 12.3. The number of aliphatic hydroxyl groups is 1. The molecule has 300 valence electrons. The molecule has 0 radical (unpaired) electrons. The number of rotatable bonds is 22. The van der Waals surface area contributed by atoms with Crippen molar-refractivity contribution in [3.8, 4) is 0 Å². The Bertz CT molecular complexity index is 1190. The molecule has 1 aromatic carbocycles. The summed E-state index contributed by atoms with van der Waals surface area (Å²) in [5.74, 6) is -0.382. The van der Waals surface area contributed by atoms with Crippen molar-refractivity contribution < 1.29 is 42.7 Å². The van der Waals surface area contributed by atoms with E-state index in [0.29, 0.717) is 19.6 Å². The van der Waals surface area contributed by atoms with E-state index in [-0.39, 0.29) is 61.7 Å². The molecule has 3 heterocycles. The van der Waals surface area contributed by atoms with Gasteiger partial charge in [-0.3, -0.25) is 0 Å². The summed E-state index contributed by atoms with van der Waals surface area (Å²) in [5, 5.41) is 11.1. The molecule has 1 unspecified atom stereocenters. The first-order chi connectivity index (χ1) is 24.5. The van der Waals surface area contributed by atoms with Gasteiger partial charge in [0.2, 0.25) is 0 Å². The van der Waals surface area contributed by atoms with Crippen LogP contribution in [-0.4, -0.2) is 95.8 Å². The Morgan fingerprint density at radius 2 is 1.58 bits per heavy atom. The van der Waals surface area contributed by atoms with Crippen LogP contribution in [0, 0.1) is 17.8 Å². The number of hydrogen-bond acceptors (Lipinski definition) is 9. The smallest absolute Gasteiger partial charge is 0.192 e. The first-order valence-corrected chi connectivity index (χ1v) is 26.6. The Morgan fingerprint density at radius 3 is 2.19 bits per heavy atom. The second-order valence-electron chi connectivity index (χ2n) is 17.7. The number of ether oxygens (including phenoxy) is 7. The van der Waals surface area contributed by atoms with Crippen molar-refractivity contribution in [1.82, 2.24) is 0 Å². The molecule has 0 amide bonds. The highest BCUT2D eigenvalue weighted by atomic mass is 28.4. The third-order valence-corrected chi connectivity index (χ3v) is 18.4. The highest BCUT2D eigenvalue weighted by Gasteiger charge is 2.67. The van der Waals surface area contributed by atoms with Gasteiger partial charge >= 0.3 is 0 Å². The molecule has 3 saturated heterocycles. The normalized spacial score (nSPS) is 31.4. The molecule has 1 N–H and O–H groups in total. The maximum Gasteiger partial charge on any atom is 0.192 e. The van der Waals surface area contributed by atoms with E-state index < -0.39 is 40.2 Å². The van der Waals surface area contributed by atoms with Gasteiger partial charge < -0.3 is 42.7 Å². The lowest BCUT2D eigenvalue weighted by molar-refractivity contribution is -0.281. The second kappa shape index (κ2) is 19.0. The molecule has 52 heavy (non-hydrogen) atoms. The zero-order valence-electron chi connectivity index (χ0n) is 34.7. The maximum absolute atomic E-state index is 11.1. The van der Waals surface area contributed by atoms with Gasteiger partial charge in [0.25, 0.3) is 0 Å². The zero-order chi connectivity index (χ0) is 38.3. The molecule has 11 atom stereocenters. The molecule has 4 rings (SSSR count). The Balaban J connectivity index is 1.49. The number of fused-ring (bicyclic) bond motifs is 1. The predicted octanol–water partition coefficient (Wildman–Crippen LogP) is 8.76. The minimum absolute atomic E-state index is 0.0216. The van der Waals surface area contributed by atoms with Gasteiger partial charge in [-0.2, -0.15) is 0 Å². The highest BCUT2D eigenvalue weighted by Crippen LogP contribution is 2.52. The molecule has 0 saturated carbocycles.